The van der Waals surface area contributed by atoms with E-state index in [9.17, 15) is 4.79 Å². The molecule has 82 valence electrons. The Kier molecular flexibility index (Phi) is 4.90. The third-order valence-electron chi connectivity index (χ3n) is 2.71. The first-order chi connectivity index (χ1) is 6.68. The second kappa shape index (κ2) is 5.98. The van der Waals surface area contributed by atoms with Gasteiger partial charge in [0.1, 0.15) is 0 Å². The zero-order chi connectivity index (χ0) is 10.4. The molecule has 4 N–H and O–H groups in total. The van der Waals surface area contributed by atoms with Crippen molar-refractivity contribution in [3.63, 3.8) is 0 Å². The Hall–Kier alpha value is -0.610. The maximum Gasteiger partial charge on any atom is 0.303 e. The van der Waals surface area contributed by atoms with E-state index in [0.29, 0.717) is 12.5 Å². The van der Waals surface area contributed by atoms with E-state index in [4.69, 9.17) is 10.8 Å². The van der Waals surface area contributed by atoms with E-state index in [0.717, 1.165) is 25.7 Å². The molecular formula is C10H20N2O2. The molecule has 0 bridgehead atoms. The van der Waals surface area contributed by atoms with Gasteiger partial charge in [0.25, 0.3) is 0 Å². The van der Waals surface area contributed by atoms with Gasteiger partial charge in [0.05, 0.1) is 6.17 Å². The molecule has 0 spiro atoms. The van der Waals surface area contributed by atoms with E-state index in [1.54, 1.807) is 0 Å². The van der Waals surface area contributed by atoms with Crippen molar-refractivity contribution in [1.82, 2.24) is 5.32 Å². The van der Waals surface area contributed by atoms with Gasteiger partial charge >= 0.3 is 5.97 Å². The lowest BCUT2D eigenvalue weighted by molar-refractivity contribution is -0.137. The van der Waals surface area contributed by atoms with Crippen LogP contribution in [0.25, 0.3) is 0 Å². The van der Waals surface area contributed by atoms with Crippen molar-refractivity contribution < 1.29 is 9.90 Å². The van der Waals surface area contributed by atoms with Gasteiger partial charge in [0, 0.05) is 12.5 Å². The first-order valence-electron chi connectivity index (χ1n) is 5.42. The van der Waals surface area contributed by atoms with Crippen molar-refractivity contribution in [2.45, 2.75) is 57.2 Å². The maximum atomic E-state index is 10.3. The van der Waals surface area contributed by atoms with Crippen LogP contribution in [0.5, 0.6) is 0 Å². The fourth-order valence-electron chi connectivity index (χ4n) is 1.95. The fraction of sp³-hybridized carbons (Fsp3) is 0.900. The van der Waals surface area contributed by atoms with Gasteiger partial charge in [-0.2, -0.15) is 0 Å². The summed E-state index contributed by atoms with van der Waals surface area (Å²) in [6.45, 7) is 0. The van der Waals surface area contributed by atoms with Crippen LogP contribution in [0.3, 0.4) is 0 Å². The molecule has 1 aliphatic heterocycles. The smallest absolute Gasteiger partial charge is 0.303 e. The van der Waals surface area contributed by atoms with Gasteiger partial charge in [-0.25, -0.2) is 0 Å². The summed E-state index contributed by atoms with van der Waals surface area (Å²) in [5, 5.41) is 11.8. The average molecular weight is 200 g/mol. The number of hydrogen-bond donors (Lipinski definition) is 3. The van der Waals surface area contributed by atoms with E-state index in [1.807, 2.05) is 0 Å². The van der Waals surface area contributed by atoms with E-state index in [2.05, 4.69) is 5.32 Å². The van der Waals surface area contributed by atoms with Crippen molar-refractivity contribution in [3.05, 3.63) is 0 Å². The Morgan fingerprint density at radius 1 is 1.43 bits per heavy atom. The lowest BCUT2D eigenvalue weighted by atomic mass is 9.98. The zero-order valence-electron chi connectivity index (χ0n) is 8.54. The Morgan fingerprint density at radius 3 is 2.86 bits per heavy atom. The van der Waals surface area contributed by atoms with Crippen molar-refractivity contribution in [3.8, 4) is 0 Å². The molecule has 4 nitrogen and oxygen atoms in total. The topological polar surface area (TPSA) is 75.4 Å². The van der Waals surface area contributed by atoms with Crippen LogP contribution in [-0.2, 0) is 4.79 Å². The van der Waals surface area contributed by atoms with E-state index >= 15 is 0 Å². The van der Waals surface area contributed by atoms with Crippen LogP contribution in [-0.4, -0.2) is 23.3 Å². The summed E-state index contributed by atoms with van der Waals surface area (Å²) >= 11 is 0. The molecule has 4 heteroatoms. The van der Waals surface area contributed by atoms with Gasteiger partial charge in [0.15, 0.2) is 0 Å². The number of unbranched alkanes of at least 4 members (excludes halogenated alkanes) is 1. The molecular weight excluding hydrogens is 180 g/mol. The quantitative estimate of drug-likeness (QED) is 0.580. The number of carboxylic acid groups (broad SMARTS) is 1. The summed E-state index contributed by atoms with van der Waals surface area (Å²) in [6, 6.07) is 0.507. The third-order valence-corrected chi connectivity index (χ3v) is 2.71. The van der Waals surface area contributed by atoms with Gasteiger partial charge in [-0.1, -0.05) is 6.42 Å². The van der Waals surface area contributed by atoms with Gasteiger partial charge < -0.3 is 10.8 Å². The summed E-state index contributed by atoms with van der Waals surface area (Å²) in [6.07, 6.45) is 6.69. The van der Waals surface area contributed by atoms with Crippen molar-refractivity contribution in [2.75, 3.05) is 0 Å². The standard InChI is InChI=1S/C10H20N2O2/c11-9-6-3-5-8(12-9)4-1-2-7-10(13)14/h8-9,12H,1-7,11H2,(H,13,14). The number of rotatable bonds is 5. The van der Waals surface area contributed by atoms with Crippen LogP contribution in [0, 0.1) is 0 Å². The van der Waals surface area contributed by atoms with Crippen LogP contribution in [0.4, 0.5) is 0 Å². The average Bonchev–Trinajstić information content (AvgIpc) is 2.12. The molecule has 2 unspecified atom stereocenters. The van der Waals surface area contributed by atoms with Crippen molar-refractivity contribution >= 4 is 5.97 Å². The van der Waals surface area contributed by atoms with E-state index in [-0.39, 0.29) is 6.17 Å². The molecule has 0 aromatic heterocycles. The van der Waals surface area contributed by atoms with Crippen LogP contribution >= 0.6 is 0 Å². The Balaban J connectivity index is 2.03. The lowest BCUT2D eigenvalue weighted by Gasteiger charge is -2.28. The highest BCUT2D eigenvalue weighted by Gasteiger charge is 2.17. The summed E-state index contributed by atoms with van der Waals surface area (Å²) in [7, 11) is 0. The minimum atomic E-state index is -0.696. The highest BCUT2D eigenvalue weighted by atomic mass is 16.4. The molecule has 0 aromatic carbocycles. The van der Waals surface area contributed by atoms with Crippen molar-refractivity contribution in [1.29, 1.82) is 0 Å². The molecule has 1 heterocycles. The van der Waals surface area contributed by atoms with Gasteiger partial charge in [0.2, 0.25) is 0 Å². The first kappa shape index (κ1) is 11.5. The van der Waals surface area contributed by atoms with Crippen LogP contribution in [0.1, 0.15) is 44.9 Å². The zero-order valence-corrected chi connectivity index (χ0v) is 8.54. The monoisotopic (exact) mass is 200 g/mol. The van der Waals surface area contributed by atoms with Crippen LogP contribution in [0.15, 0.2) is 0 Å². The van der Waals surface area contributed by atoms with Gasteiger partial charge in [-0.15, -0.1) is 0 Å². The van der Waals surface area contributed by atoms with E-state index in [1.165, 1.54) is 12.8 Å². The molecule has 1 aliphatic rings. The SMILES string of the molecule is NC1CCCC(CCCCC(=O)O)N1. The number of carboxylic acids is 1. The number of aliphatic carboxylic acids is 1. The predicted molar refractivity (Wildman–Crippen MR) is 54.9 cm³/mol. The Bertz CT molecular complexity index is 185. The lowest BCUT2D eigenvalue weighted by Crippen LogP contribution is -2.47. The maximum absolute atomic E-state index is 10.3. The molecule has 14 heavy (non-hydrogen) atoms. The number of nitrogens with one attached hydrogen (secondary N) is 1. The summed E-state index contributed by atoms with van der Waals surface area (Å²) in [5.74, 6) is -0.696. The van der Waals surface area contributed by atoms with Gasteiger partial charge in [-0.05, 0) is 32.1 Å². The van der Waals surface area contributed by atoms with Crippen LogP contribution in [0.2, 0.25) is 0 Å². The Morgan fingerprint density at radius 2 is 2.21 bits per heavy atom. The summed E-state index contributed by atoms with van der Waals surface area (Å²) in [4.78, 5) is 10.3. The number of piperidine rings is 1. The molecule has 0 aromatic rings. The molecule has 1 saturated heterocycles. The normalized spacial score (nSPS) is 27.5. The van der Waals surface area contributed by atoms with Gasteiger partial charge in [-0.3, -0.25) is 10.1 Å². The number of hydrogen-bond acceptors (Lipinski definition) is 3. The second-order valence-electron chi connectivity index (χ2n) is 4.04. The minimum absolute atomic E-state index is 0.147. The first-order valence-corrected chi connectivity index (χ1v) is 5.42. The van der Waals surface area contributed by atoms with Crippen molar-refractivity contribution in [2.24, 2.45) is 5.73 Å². The molecule has 0 radical (unpaired) electrons. The number of carbonyl (C=O) groups is 1. The Labute approximate surface area is 84.9 Å². The summed E-state index contributed by atoms with van der Waals surface area (Å²) in [5.41, 5.74) is 5.77. The molecule has 0 aliphatic carbocycles. The third kappa shape index (κ3) is 4.58. The molecule has 1 fully saturated rings. The largest absolute Gasteiger partial charge is 0.481 e. The molecule has 1 rings (SSSR count). The molecule has 2 atom stereocenters. The second-order valence-corrected chi connectivity index (χ2v) is 4.04. The highest BCUT2D eigenvalue weighted by molar-refractivity contribution is 5.66. The highest BCUT2D eigenvalue weighted by Crippen LogP contribution is 2.15. The molecule has 0 amide bonds. The number of nitrogens with two attached hydrogens (primary N) is 1. The van der Waals surface area contributed by atoms with Crippen LogP contribution < -0.4 is 11.1 Å². The molecule has 0 saturated carbocycles. The predicted octanol–water partition coefficient (Wildman–Crippen LogP) is 1.06. The summed E-state index contributed by atoms with van der Waals surface area (Å²) < 4.78 is 0. The minimum Gasteiger partial charge on any atom is -0.481 e. The fourth-order valence-corrected chi connectivity index (χ4v) is 1.95. The van der Waals surface area contributed by atoms with E-state index < -0.39 is 5.97 Å².